The number of carboxylic acid groups (broad SMARTS) is 1. The fraction of sp³-hybridized carbons (Fsp3) is 0.682. The summed E-state index contributed by atoms with van der Waals surface area (Å²) >= 11 is 0. The van der Waals surface area contributed by atoms with Crippen LogP contribution in [0.1, 0.15) is 72.8 Å². The largest absolute Gasteiger partial charge is 0.498 e. The van der Waals surface area contributed by atoms with Crippen LogP contribution in [0, 0.1) is 0 Å². The predicted octanol–water partition coefficient (Wildman–Crippen LogP) is 4.13. The van der Waals surface area contributed by atoms with Crippen molar-refractivity contribution in [2.24, 2.45) is 0 Å². The van der Waals surface area contributed by atoms with Crippen molar-refractivity contribution in [1.82, 2.24) is 0 Å². The molecular weight excluding hydrogens is 369 g/mol. The number of nitrogens with zero attached hydrogens (tertiary/aromatic N) is 1. The Labute approximate surface area is 173 Å². The molecule has 0 spiro atoms. The molecule has 2 fully saturated rings. The zero-order valence-corrected chi connectivity index (χ0v) is 18.4. The fourth-order valence-corrected chi connectivity index (χ4v) is 4.27. The molecule has 1 N–H and O–H groups in total. The van der Waals surface area contributed by atoms with Gasteiger partial charge in [-0.2, -0.15) is 0 Å². The van der Waals surface area contributed by atoms with Crippen LogP contribution in [0.25, 0.3) is 0 Å². The third kappa shape index (κ3) is 3.32. The van der Waals surface area contributed by atoms with Crippen LogP contribution in [0.3, 0.4) is 0 Å². The molecule has 0 bridgehead atoms. The number of hydrogen-bond donors (Lipinski definition) is 1. The fourth-order valence-electron chi connectivity index (χ4n) is 4.27. The molecule has 2 heterocycles. The highest BCUT2D eigenvalue weighted by Crippen LogP contribution is 2.43. The molecule has 1 aromatic rings. The molecule has 6 nitrogen and oxygen atoms in total. The van der Waals surface area contributed by atoms with Crippen molar-refractivity contribution >= 4 is 24.4 Å². The molecule has 2 aliphatic heterocycles. The molecule has 0 aromatic heterocycles. The van der Waals surface area contributed by atoms with E-state index >= 15 is 0 Å². The lowest BCUT2D eigenvalue weighted by atomic mass is 9.75. The van der Waals surface area contributed by atoms with E-state index in [9.17, 15) is 9.90 Å². The molecular formula is C22H32BNO5. The van der Waals surface area contributed by atoms with Crippen molar-refractivity contribution in [2.45, 2.75) is 96.5 Å². The van der Waals surface area contributed by atoms with Crippen molar-refractivity contribution in [3.63, 3.8) is 0 Å². The predicted molar refractivity (Wildman–Crippen MR) is 113 cm³/mol. The summed E-state index contributed by atoms with van der Waals surface area (Å²) in [5.74, 6) is 0.757. The monoisotopic (exact) mass is 401 g/mol. The number of carbonyl (C=O) groups is 1. The number of fused-ring (bicyclic) bond motifs is 1. The number of anilines is 1. The Balaban J connectivity index is 1.80. The molecule has 158 valence electrons. The van der Waals surface area contributed by atoms with Gasteiger partial charge in [-0.1, -0.05) is 6.07 Å². The van der Waals surface area contributed by atoms with E-state index in [-0.39, 0.29) is 6.10 Å². The highest BCUT2D eigenvalue weighted by atomic mass is 16.7. The van der Waals surface area contributed by atoms with Crippen LogP contribution in [0.4, 0.5) is 10.5 Å². The Hall–Kier alpha value is -1.73. The molecule has 4 rings (SSSR count). The summed E-state index contributed by atoms with van der Waals surface area (Å²) < 4.78 is 19.0. The zero-order chi connectivity index (χ0) is 21.2. The highest BCUT2D eigenvalue weighted by molar-refractivity contribution is 6.63. The molecule has 0 atom stereocenters. The lowest BCUT2D eigenvalue weighted by Gasteiger charge is -2.42. The van der Waals surface area contributed by atoms with Gasteiger partial charge in [-0.25, -0.2) is 4.79 Å². The van der Waals surface area contributed by atoms with E-state index in [0.717, 1.165) is 42.5 Å². The molecule has 7 heteroatoms. The summed E-state index contributed by atoms with van der Waals surface area (Å²) in [5.41, 5.74) is 1.17. The Kier molecular flexibility index (Phi) is 4.70. The molecule has 1 saturated carbocycles. The standard InChI is InChI=1S/C22H32BNO5/c1-20(2)13-12-15-17(24(20)19(25)26)11-10-16(18(15)27-14-8-7-9-14)23-28-21(3,4)22(5,6)29-23/h10-11,14H,7-9,12-13H2,1-6H3,(H,25,26). The van der Waals surface area contributed by atoms with Crippen LogP contribution >= 0.6 is 0 Å². The van der Waals surface area contributed by atoms with Gasteiger partial charge in [-0.05, 0) is 79.7 Å². The lowest BCUT2D eigenvalue weighted by Crippen LogP contribution is -2.51. The van der Waals surface area contributed by atoms with E-state index < -0.39 is 30.0 Å². The average molecular weight is 401 g/mol. The van der Waals surface area contributed by atoms with Crippen molar-refractivity contribution in [2.75, 3.05) is 4.90 Å². The molecule has 1 amide bonds. The van der Waals surface area contributed by atoms with Crippen LogP contribution in [-0.4, -0.2) is 41.2 Å². The van der Waals surface area contributed by atoms with Crippen LogP contribution in [0.5, 0.6) is 5.75 Å². The molecule has 0 unspecified atom stereocenters. The summed E-state index contributed by atoms with van der Waals surface area (Å²) in [7, 11) is -0.534. The molecule has 3 aliphatic rings. The minimum atomic E-state index is -0.936. The van der Waals surface area contributed by atoms with Gasteiger partial charge >= 0.3 is 13.2 Å². The summed E-state index contributed by atoms with van der Waals surface area (Å²) in [6, 6.07) is 3.81. The maximum Gasteiger partial charge on any atom is 0.498 e. The first kappa shape index (κ1) is 20.5. The van der Waals surface area contributed by atoms with E-state index in [1.165, 1.54) is 11.3 Å². The second kappa shape index (κ2) is 6.64. The second-order valence-corrected chi connectivity index (χ2v) is 10.2. The zero-order valence-electron chi connectivity index (χ0n) is 18.4. The Bertz CT molecular complexity index is 815. The third-order valence-electron chi connectivity index (χ3n) is 7.13. The number of amides is 1. The molecule has 1 aromatic carbocycles. The van der Waals surface area contributed by atoms with E-state index in [2.05, 4.69) is 0 Å². The van der Waals surface area contributed by atoms with Gasteiger partial charge in [0.1, 0.15) is 5.75 Å². The smallest absolute Gasteiger partial charge is 0.490 e. The van der Waals surface area contributed by atoms with Crippen molar-refractivity contribution in [1.29, 1.82) is 0 Å². The van der Waals surface area contributed by atoms with Crippen LogP contribution in [0.15, 0.2) is 12.1 Å². The van der Waals surface area contributed by atoms with Gasteiger partial charge < -0.3 is 19.2 Å². The maximum absolute atomic E-state index is 12.1. The topological polar surface area (TPSA) is 68.2 Å². The first-order valence-corrected chi connectivity index (χ1v) is 10.6. The number of hydrogen-bond acceptors (Lipinski definition) is 4. The van der Waals surface area contributed by atoms with Gasteiger partial charge in [0.05, 0.1) is 23.0 Å². The lowest BCUT2D eigenvalue weighted by molar-refractivity contribution is 0.00578. The van der Waals surface area contributed by atoms with Gasteiger partial charge in [0, 0.05) is 16.6 Å². The minimum absolute atomic E-state index is 0.177. The van der Waals surface area contributed by atoms with Crippen molar-refractivity contribution in [3.05, 3.63) is 17.7 Å². The summed E-state index contributed by atoms with van der Waals surface area (Å²) in [4.78, 5) is 13.6. The van der Waals surface area contributed by atoms with Crippen molar-refractivity contribution in [3.8, 4) is 5.75 Å². The Morgan fingerprint density at radius 2 is 1.76 bits per heavy atom. The van der Waals surface area contributed by atoms with Crippen LogP contribution in [0.2, 0.25) is 0 Å². The van der Waals surface area contributed by atoms with Gasteiger partial charge in [0.25, 0.3) is 0 Å². The third-order valence-corrected chi connectivity index (χ3v) is 7.13. The summed E-state index contributed by atoms with van der Waals surface area (Å²) in [5, 5.41) is 9.90. The van der Waals surface area contributed by atoms with E-state index in [1.54, 1.807) is 0 Å². The van der Waals surface area contributed by atoms with Gasteiger partial charge in [0.2, 0.25) is 0 Å². The Morgan fingerprint density at radius 3 is 2.28 bits per heavy atom. The van der Waals surface area contributed by atoms with E-state index in [1.807, 2.05) is 53.7 Å². The molecule has 0 radical (unpaired) electrons. The molecule has 1 aliphatic carbocycles. The van der Waals surface area contributed by atoms with E-state index in [0.29, 0.717) is 5.69 Å². The average Bonchev–Trinajstić information content (AvgIpc) is 2.76. The summed E-state index contributed by atoms with van der Waals surface area (Å²) in [6.45, 7) is 12.1. The normalized spacial score (nSPS) is 24.8. The van der Waals surface area contributed by atoms with Crippen LogP contribution < -0.4 is 15.1 Å². The number of benzene rings is 1. The van der Waals surface area contributed by atoms with Gasteiger partial charge in [-0.3, -0.25) is 4.90 Å². The van der Waals surface area contributed by atoms with Crippen molar-refractivity contribution < 1.29 is 23.9 Å². The Morgan fingerprint density at radius 1 is 1.14 bits per heavy atom. The first-order valence-electron chi connectivity index (χ1n) is 10.6. The van der Waals surface area contributed by atoms with Crippen LogP contribution in [-0.2, 0) is 15.7 Å². The minimum Gasteiger partial charge on any atom is -0.490 e. The quantitative estimate of drug-likeness (QED) is 0.772. The molecule has 1 saturated heterocycles. The number of ether oxygens (including phenoxy) is 1. The summed E-state index contributed by atoms with van der Waals surface area (Å²) in [6.07, 6.45) is 3.97. The van der Waals surface area contributed by atoms with Gasteiger partial charge in [-0.15, -0.1) is 0 Å². The first-order chi connectivity index (χ1) is 13.4. The number of rotatable bonds is 3. The SMILES string of the molecule is CC1(C)CCc2c(ccc(B3OC(C)(C)C(C)(C)O3)c2OC2CCC2)N1C(=O)O. The van der Waals surface area contributed by atoms with Gasteiger partial charge in [0.15, 0.2) is 0 Å². The molecule has 29 heavy (non-hydrogen) atoms. The second-order valence-electron chi connectivity index (χ2n) is 10.2. The highest BCUT2D eigenvalue weighted by Gasteiger charge is 2.53. The maximum atomic E-state index is 12.1. The van der Waals surface area contributed by atoms with E-state index in [4.69, 9.17) is 14.0 Å².